The molecule has 0 N–H and O–H groups in total. The molecule has 442 valence electrons. The fraction of sp³-hybridized carbons (Fsp3) is 0.458. The van der Waals surface area contributed by atoms with Crippen molar-refractivity contribution in [3.05, 3.63) is 160 Å². The highest BCUT2D eigenvalue weighted by atomic mass is 80.9. The molecule has 3 aromatic heterocycles. The molecule has 2 aromatic carbocycles. The fourth-order valence-corrected chi connectivity index (χ4v) is 11.7. The van der Waals surface area contributed by atoms with E-state index in [9.17, 15) is 0 Å². The summed E-state index contributed by atoms with van der Waals surface area (Å²) >= 11 is 15.8. The number of nitrogens with zero attached hydrogens (tertiary/aromatic N) is 6. The van der Waals surface area contributed by atoms with E-state index in [1.807, 2.05) is 0 Å². The predicted octanol–water partition coefficient (Wildman–Crippen LogP) is 15.9. The van der Waals surface area contributed by atoms with Gasteiger partial charge in [0.15, 0.2) is 37.2 Å². The maximum atomic E-state index is 3.47. The van der Waals surface area contributed by atoms with E-state index in [0.717, 1.165) is 146 Å². The van der Waals surface area contributed by atoms with Crippen LogP contribution in [-0.2, 0) is 19.6 Å². The van der Waals surface area contributed by atoms with Gasteiger partial charge in [-0.15, -0.1) is 17.0 Å². The minimum Gasteiger partial charge on any atom is -0.299 e. The lowest BCUT2D eigenvalue weighted by Gasteiger charge is -2.18. The highest BCUT2D eigenvalue weighted by Gasteiger charge is 2.26. The van der Waals surface area contributed by atoms with E-state index >= 15 is 0 Å². The van der Waals surface area contributed by atoms with Gasteiger partial charge in [-0.05, 0) is 153 Å². The molecule has 0 bridgehead atoms. The Hall–Kier alpha value is -3.99. The molecule has 6 nitrogen and oxygen atoms in total. The molecule has 12 heteroatoms. The van der Waals surface area contributed by atoms with Crippen molar-refractivity contribution in [3.8, 4) is 71.0 Å². The first-order chi connectivity index (χ1) is 40.8. The maximum Gasteiger partial charge on any atom is 0.173 e. The number of pyridine rings is 3. The molecule has 6 heterocycles. The van der Waals surface area contributed by atoms with Crippen molar-refractivity contribution < 1.29 is 13.7 Å². The van der Waals surface area contributed by atoms with Gasteiger partial charge in [-0.2, -0.15) is 0 Å². The average Bonchev–Trinajstić information content (AvgIpc) is 4.48. The summed E-state index contributed by atoms with van der Waals surface area (Å²) < 4.78 is 7.00. The molecule has 5 aromatic rings. The quantitative estimate of drug-likeness (QED) is 0.0378. The zero-order chi connectivity index (χ0) is 58.7. The molecule has 8 rings (SSSR count). The summed E-state index contributed by atoms with van der Waals surface area (Å²) in [5, 5.41) is 2.97. The van der Waals surface area contributed by atoms with Crippen molar-refractivity contribution in [2.45, 2.75) is 153 Å². The molecule has 3 fully saturated rings. The number of alkyl halides is 3. The van der Waals surface area contributed by atoms with Crippen LogP contribution in [0.15, 0.2) is 110 Å². The first kappa shape index (κ1) is 70.8. The van der Waals surface area contributed by atoms with E-state index in [1.165, 1.54) is 74.8 Å². The highest BCUT2D eigenvalue weighted by molar-refractivity contribution is 9.93. The minimum atomic E-state index is 0. The lowest BCUT2D eigenvalue weighted by atomic mass is 10.1. The van der Waals surface area contributed by atoms with Crippen LogP contribution in [0.3, 0.4) is 0 Å². The van der Waals surface area contributed by atoms with Gasteiger partial charge < -0.3 is 0 Å². The van der Waals surface area contributed by atoms with E-state index in [0.29, 0.717) is 18.1 Å². The van der Waals surface area contributed by atoms with Crippen LogP contribution in [0.5, 0.6) is 0 Å². The number of aromatic nitrogens is 3. The molecule has 3 saturated heterocycles. The number of aryl methyl sites for hydroxylation is 3. The minimum absolute atomic E-state index is 0. The Morgan fingerprint density at radius 2 is 0.631 bits per heavy atom. The number of hydrogen-bond donors (Lipinski definition) is 0. The summed E-state index contributed by atoms with van der Waals surface area (Å²) in [6.07, 6.45) is 32.7. The van der Waals surface area contributed by atoms with Crippen LogP contribution in [-0.4, -0.2) is 71.5 Å². The van der Waals surface area contributed by atoms with Gasteiger partial charge in [-0.25, -0.2) is 13.7 Å². The van der Waals surface area contributed by atoms with Crippen LogP contribution in [0.2, 0.25) is 0 Å². The van der Waals surface area contributed by atoms with Crippen molar-refractivity contribution in [3.63, 3.8) is 0 Å². The Kier molecular flexibility index (Phi) is 35.4. The molecule has 0 unspecified atom stereocenters. The third-order valence-electron chi connectivity index (χ3n) is 15.1. The third-order valence-corrected chi connectivity index (χ3v) is 16.8. The Balaban J connectivity index is 0.000000403. The van der Waals surface area contributed by atoms with E-state index in [2.05, 4.69) is 307 Å². The molecule has 3 aliphatic rings. The van der Waals surface area contributed by atoms with Gasteiger partial charge in [-0.1, -0.05) is 119 Å². The lowest BCUT2D eigenvalue weighted by Crippen LogP contribution is -2.34. The number of benzene rings is 2. The van der Waals surface area contributed by atoms with Crippen molar-refractivity contribution >= 4 is 93.0 Å². The molecule has 0 amide bonds. The first-order valence-corrected chi connectivity index (χ1v) is 37.0. The summed E-state index contributed by atoms with van der Waals surface area (Å²) in [5.41, 5.74) is 10.3. The largest absolute Gasteiger partial charge is 0.299 e. The smallest absolute Gasteiger partial charge is 0.173 e. The predicted molar refractivity (Wildman–Crippen MR) is 373 cm³/mol. The van der Waals surface area contributed by atoms with Crippen LogP contribution in [0.1, 0.15) is 184 Å². The van der Waals surface area contributed by atoms with Crippen molar-refractivity contribution in [1.29, 1.82) is 0 Å². The second-order valence-corrected chi connectivity index (χ2v) is 24.0. The van der Waals surface area contributed by atoms with Crippen LogP contribution < -0.4 is 13.7 Å². The Bertz CT molecular complexity index is 2840. The van der Waals surface area contributed by atoms with Crippen LogP contribution >= 0.6 is 93.0 Å². The number of unbranched alkanes of at least 4 members (excludes halogenated alkanes) is 6. The average molecular weight is 1510 g/mol. The number of halogens is 6. The number of hydrogen-bond acceptors (Lipinski definition) is 3. The van der Waals surface area contributed by atoms with E-state index in [1.54, 1.807) is 0 Å². The van der Waals surface area contributed by atoms with Gasteiger partial charge in [0.25, 0.3) is 0 Å². The molecule has 0 radical (unpaired) electrons. The van der Waals surface area contributed by atoms with E-state index in [4.69, 9.17) is 0 Å². The SMILES string of the molecule is Br.BrBr.BrCCCC#Cc1cc(C#CCCCBr)cc(C#CCCCBr)c1.CN1CCC[C@H]1c1ccc[n+](CCCC#Cc2cc(C#CCCC[n+]3cccc([C@@H]4CCCN4C)c3)cc(C#CCCC[n+]3cccc([C@@H]4CCCN4C)c3)c2)c1. The van der Waals surface area contributed by atoms with Crippen LogP contribution in [0.25, 0.3) is 0 Å². The van der Waals surface area contributed by atoms with Gasteiger partial charge >= 0.3 is 0 Å². The highest BCUT2D eigenvalue weighted by Crippen LogP contribution is 2.31. The standard InChI is InChI=1S/C51H63N6.C21H21Br3.Br2.BrH/c1-52-28-16-25-49(52)46-22-13-34-55(40-46)31-10-4-7-19-43-37-44(20-8-5-11-32-56-35-14-23-47(41-56)50-26-17-29-53(50)2)39-45(38-43)21-9-6-12-33-57-36-15-24-48(42-57)51-27-18-30-54(51)3;22-13-7-1-4-10-19-16-20(11-5-2-8-14-23)18-21(17-19)12-6-3-9-15-24;1-2;/h13-15,22-24,34-42,49-51H,4-6,10-12,16-18,25-33H2,1-3H3;16-18H,1-3,7-9,13-15H2;;1H/q+3;;;/t49-,50-,51-;;;/m0.../s1. The molecular formula is C72H85Br6N6+3. The van der Waals surface area contributed by atoms with Gasteiger partial charge in [0.2, 0.25) is 0 Å². The molecule has 0 saturated carbocycles. The Morgan fingerprint density at radius 1 is 0.393 bits per heavy atom. The van der Waals surface area contributed by atoms with Gasteiger partial charge in [-0.3, -0.25) is 14.7 Å². The molecule has 3 atom stereocenters. The van der Waals surface area contributed by atoms with E-state index in [-0.39, 0.29) is 17.0 Å². The zero-order valence-electron chi connectivity index (χ0n) is 49.7. The van der Waals surface area contributed by atoms with Crippen LogP contribution in [0.4, 0.5) is 0 Å². The summed E-state index contributed by atoms with van der Waals surface area (Å²) in [7, 11) is 6.73. The summed E-state index contributed by atoms with van der Waals surface area (Å²) in [6, 6.07) is 27.7. The zero-order valence-corrected chi connectivity index (χ0v) is 59.3. The van der Waals surface area contributed by atoms with Crippen molar-refractivity contribution in [2.75, 3.05) is 56.8 Å². The molecule has 84 heavy (non-hydrogen) atoms. The van der Waals surface area contributed by atoms with E-state index < -0.39 is 0 Å². The first-order valence-electron chi connectivity index (χ1n) is 29.9. The molecule has 3 aliphatic heterocycles. The fourth-order valence-electron chi connectivity index (χ4n) is 10.8. The van der Waals surface area contributed by atoms with Gasteiger partial charge in [0.05, 0.1) is 0 Å². The molecular weight excluding hydrogens is 1430 g/mol. The number of rotatable bonds is 18. The summed E-state index contributed by atoms with van der Waals surface area (Å²) in [5.74, 6) is 40.2. The Labute approximate surface area is 557 Å². The topological polar surface area (TPSA) is 21.4 Å². The second-order valence-electron chi connectivity index (χ2n) is 21.6. The normalized spacial score (nSPS) is 16.1. The second kappa shape index (κ2) is 42.0. The maximum absolute atomic E-state index is 3.47. The Morgan fingerprint density at radius 3 is 0.845 bits per heavy atom. The summed E-state index contributed by atoms with van der Waals surface area (Å²) in [4.78, 5) is 7.43. The monoisotopic (exact) mass is 1510 g/mol. The summed E-state index contributed by atoms with van der Waals surface area (Å²) in [6.45, 7) is 6.49. The lowest BCUT2D eigenvalue weighted by molar-refractivity contribution is -0.697. The molecule has 0 aliphatic carbocycles. The van der Waals surface area contributed by atoms with Crippen molar-refractivity contribution in [1.82, 2.24) is 14.7 Å². The molecule has 0 spiro atoms. The van der Waals surface area contributed by atoms with Gasteiger partial charge in [0.1, 0.15) is 19.6 Å². The third kappa shape index (κ3) is 25.8. The van der Waals surface area contributed by atoms with Crippen LogP contribution in [0, 0.1) is 71.0 Å². The van der Waals surface area contributed by atoms with Crippen molar-refractivity contribution in [2.24, 2.45) is 0 Å². The number of likely N-dealkylation sites (tertiary alicyclic amines) is 3. The van der Waals surface area contributed by atoms with Gasteiger partial charge in [0, 0.05) is 188 Å².